The lowest BCUT2D eigenvalue weighted by Crippen LogP contribution is -2.02. The van der Waals surface area contributed by atoms with E-state index in [0.717, 1.165) is 5.56 Å². The van der Waals surface area contributed by atoms with Gasteiger partial charge in [0.25, 0.3) is 0 Å². The number of ether oxygens (including phenoxy) is 2. The van der Waals surface area contributed by atoms with E-state index < -0.39 is 5.97 Å². The molecular weight excluding hydrogens is 234 g/mol. The Balaban J connectivity index is 3.32. The maximum absolute atomic E-state index is 11.4. The average molecular weight is 247 g/mol. The van der Waals surface area contributed by atoms with Crippen LogP contribution in [-0.2, 0) is 9.53 Å². The molecule has 0 spiro atoms. The summed E-state index contributed by atoms with van der Waals surface area (Å²) in [5.74, 6) is -0.0802. The van der Waals surface area contributed by atoms with Crippen molar-refractivity contribution < 1.29 is 14.3 Å². The molecule has 1 rings (SSSR count). The lowest BCUT2D eigenvalue weighted by Gasteiger charge is -2.08. The van der Waals surface area contributed by atoms with E-state index in [4.69, 9.17) is 10.3 Å². The fourth-order valence-electron chi connectivity index (χ4n) is 1.50. The molecule has 0 N–H and O–H groups in total. The molecule has 0 atom stereocenters. The molecule has 0 aliphatic carbocycles. The van der Waals surface area contributed by atoms with Crippen molar-refractivity contribution in [2.24, 2.45) is 5.11 Å². The summed E-state index contributed by atoms with van der Waals surface area (Å²) in [4.78, 5) is 14.0. The molecule has 0 aliphatic rings. The van der Waals surface area contributed by atoms with Crippen LogP contribution < -0.4 is 4.74 Å². The first-order valence-electron chi connectivity index (χ1n) is 5.12. The summed E-state index contributed by atoms with van der Waals surface area (Å²) in [7, 11) is 2.75. The van der Waals surface area contributed by atoms with Crippen LogP contribution in [0, 0.1) is 6.92 Å². The van der Waals surface area contributed by atoms with Gasteiger partial charge in [0.1, 0.15) is 11.4 Å². The molecule has 0 aromatic heterocycles. The summed E-state index contributed by atoms with van der Waals surface area (Å²) >= 11 is 0. The lowest BCUT2D eigenvalue weighted by atomic mass is 10.1. The minimum absolute atomic E-state index is 0.121. The topological polar surface area (TPSA) is 84.3 Å². The van der Waals surface area contributed by atoms with E-state index in [1.54, 1.807) is 6.07 Å². The summed E-state index contributed by atoms with van der Waals surface area (Å²) < 4.78 is 9.77. The highest BCUT2D eigenvalue weighted by Gasteiger charge is 2.10. The fraction of sp³-hybridized carbons (Fsp3) is 0.250. The Hall–Kier alpha value is -2.46. The van der Waals surface area contributed by atoms with E-state index in [1.807, 2.05) is 19.1 Å². The Morgan fingerprint density at radius 2 is 2.17 bits per heavy atom. The number of carbonyl (C=O) groups is 1. The Morgan fingerprint density at radius 3 is 2.72 bits per heavy atom. The third-order valence-electron chi connectivity index (χ3n) is 2.29. The highest BCUT2D eigenvalue weighted by molar-refractivity contribution is 5.93. The van der Waals surface area contributed by atoms with Crippen molar-refractivity contribution in [2.45, 2.75) is 6.92 Å². The van der Waals surface area contributed by atoms with Crippen molar-refractivity contribution in [1.82, 2.24) is 0 Å². The van der Waals surface area contributed by atoms with E-state index in [-0.39, 0.29) is 5.70 Å². The summed E-state index contributed by atoms with van der Waals surface area (Å²) in [6.07, 6.45) is 1.43. The van der Waals surface area contributed by atoms with Crippen molar-refractivity contribution in [3.05, 3.63) is 45.5 Å². The number of hydrogen-bond acceptors (Lipinski definition) is 4. The maximum atomic E-state index is 11.4. The standard InChI is InChI=1S/C12H13N3O3/c1-8-5-4-6-9(11(8)17-2)7-10(14-15-13)12(16)18-3/h4-7H,1-3H3/b10-7-. The lowest BCUT2D eigenvalue weighted by molar-refractivity contribution is -0.136. The van der Waals surface area contributed by atoms with Gasteiger partial charge in [-0.15, -0.1) is 0 Å². The zero-order chi connectivity index (χ0) is 13.5. The third kappa shape index (κ3) is 3.02. The number of aryl methyl sites for hydroxylation is 1. The van der Waals surface area contributed by atoms with Crippen molar-refractivity contribution >= 4 is 12.0 Å². The van der Waals surface area contributed by atoms with E-state index in [9.17, 15) is 4.79 Å². The number of carbonyl (C=O) groups excluding carboxylic acids is 1. The van der Waals surface area contributed by atoms with E-state index in [0.29, 0.717) is 11.3 Å². The van der Waals surface area contributed by atoms with Crippen molar-refractivity contribution in [3.8, 4) is 5.75 Å². The average Bonchev–Trinajstić information content (AvgIpc) is 2.37. The van der Waals surface area contributed by atoms with Crippen LogP contribution in [0.15, 0.2) is 29.0 Å². The molecule has 0 heterocycles. The number of esters is 1. The van der Waals surface area contributed by atoms with Crippen molar-refractivity contribution in [1.29, 1.82) is 0 Å². The molecule has 6 heteroatoms. The second-order valence-electron chi connectivity index (χ2n) is 3.41. The zero-order valence-electron chi connectivity index (χ0n) is 10.4. The molecule has 0 radical (unpaired) electrons. The largest absolute Gasteiger partial charge is 0.496 e. The third-order valence-corrected chi connectivity index (χ3v) is 2.29. The van der Waals surface area contributed by atoms with Crippen LogP contribution in [0.25, 0.3) is 16.5 Å². The number of nitrogens with zero attached hydrogens (tertiary/aromatic N) is 3. The zero-order valence-corrected chi connectivity index (χ0v) is 10.4. The molecular formula is C12H13N3O3. The van der Waals surface area contributed by atoms with Gasteiger partial charge >= 0.3 is 5.97 Å². The first-order valence-corrected chi connectivity index (χ1v) is 5.12. The van der Waals surface area contributed by atoms with Crippen molar-refractivity contribution in [2.75, 3.05) is 14.2 Å². The highest BCUT2D eigenvalue weighted by Crippen LogP contribution is 2.25. The highest BCUT2D eigenvalue weighted by atomic mass is 16.5. The van der Waals surface area contributed by atoms with Gasteiger partial charge in [-0.3, -0.25) is 0 Å². The minimum atomic E-state index is -0.698. The Morgan fingerprint density at radius 1 is 1.44 bits per heavy atom. The number of rotatable bonds is 4. The fourth-order valence-corrected chi connectivity index (χ4v) is 1.50. The Bertz CT molecular complexity index is 531. The quantitative estimate of drug-likeness (QED) is 0.269. The number of hydrogen-bond donors (Lipinski definition) is 0. The van der Waals surface area contributed by atoms with Crippen LogP contribution in [0.2, 0.25) is 0 Å². The van der Waals surface area contributed by atoms with Gasteiger partial charge in [0.15, 0.2) is 0 Å². The molecule has 0 amide bonds. The molecule has 0 unspecified atom stereocenters. The van der Waals surface area contributed by atoms with Gasteiger partial charge in [0, 0.05) is 10.5 Å². The smallest absolute Gasteiger partial charge is 0.340 e. The van der Waals surface area contributed by atoms with Gasteiger partial charge in [-0.25, -0.2) is 4.79 Å². The van der Waals surface area contributed by atoms with Crippen LogP contribution in [0.1, 0.15) is 11.1 Å². The number of benzene rings is 1. The molecule has 94 valence electrons. The second kappa shape index (κ2) is 6.32. The maximum Gasteiger partial charge on any atom is 0.340 e. The summed E-state index contributed by atoms with van der Waals surface area (Å²) in [6, 6.07) is 5.44. The van der Waals surface area contributed by atoms with Crippen molar-refractivity contribution in [3.63, 3.8) is 0 Å². The molecule has 0 aliphatic heterocycles. The Labute approximate surface area is 104 Å². The van der Waals surface area contributed by atoms with Crippen LogP contribution in [0.3, 0.4) is 0 Å². The van der Waals surface area contributed by atoms with Gasteiger partial charge in [-0.2, -0.15) is 0 Å². The number of para-hydroxylation sites is 1. The summed E-state index contributed by atoms with van der Waals surface area (Å²) in [5, 5.41) is 3.31. The first kappa shape index (κ1) is 13.6. The van der Waals surface area contributed by atoms with E-state index in [2.05, 4.69) is 14.8 Å². The number of methoxy groups -OCH3 is 2. The van der Waals surface area contributed by atoms with Crippen LogP contribution in [-0.4, -0.2) is 20.2 Å². The summed E-state index contributed by atoms with van der Waals surface area (Å²) in [5.41, 5.74) is 9.85. The molecule has 0 fully saturated rings. The Kier molecular flexibility index (Phi) is 4.78. The number of azide groups is 1. The van der Waals surface area contributed by atoms with Gasteiger partial charge in [0.05, 0.1) is 14.2 Å². The molecule has 0 saturated heterocycles. The van der Waals surface area contributed by atoms with Gasteiger partial charge in [-0.1, -0.05) is 23.3 Å². The van der Waals surface area contributed by atoms with Gasteiger partial charge in [-0.05, 0) is 24.1 Å². The van der Waals surface area contributed by atoms with E-state index in [1.165, 1.54) is 20.3 Å². The van der Waals surface area contributed by atoms with Crippen LogP contribution >= 0.6 is 0 Å². The van der Waals surface area contributed by atoms with Gasteiger partial charge < -0.3 is 9.47 Å². The monoisotopic (exact) mass is 247 g/mol. The molecule has 0 bridgehead atoms. The normalized spacial score (nSPS) is 10.5. The molecule has 1 aromatic carbocycles. The predicted octanol–water partition coefficient (Wildman–Crippen LogP) is 2.83. The van der Waals surface area contributed by atoms with E-state index >= 15 is 0 Å². The first-order chi connectivity index (χ1) is 8.63. The van der Waals surface area contributed by atoms with Crippen LogP contribution in [0.4, 0.5) is 0 Å². The second-order valence-corrected chi connectivity index (χ2v) is 3.41. The molecule has 18 heavy (non-hydrogen) atoms. The molecule has 1 aromatic rings. The molecule has 6 nitrogen and oxygen atoms in total. The molecule has 0 saturated carbocycles. The van der Waals surface area contributed by atoms with Gasteiger partial charge in [0.2, 0.25) is 0 Å². The summed E-state index contributed by atoms with van der Waals surface area (Å²) in [6.45, 7) is 1.88. The SMILES string of the molecule is COC(=O)/C(=C/c1cccc(C)c1OC)N=[N+]=[N-]. The van der Waals surface area contributed by atoms with Crippen LogP contribution in [0.5, 0.6) is 5.75 Å². The minimum Gasteiger partial charge on any atom is -0.496 e. The predicted molar refractivity (Wildman–Crippen MR) is 66.9 cm³/mol.